The van der Waals surface area contributed by atoms with E-state index in [4.69, 9.17) is 0 Å². The summed E-state index contributed by atoms with van der Waals surface area (Å²) in [5, 5.41) is 3.06. The highest BCUT2D eigenvalue weighted by molar-refractivity contribution is 5.87. The van der Waals surface area contributed by atoms with Crippen LogP contribution in [0.5, 0.6) is 0 Å². The van der Waals surface area contributed by atoms with E-state index < -0.39 is 0 Å². The van der Waals surface area contributed by atoms with Crippen molar-refractivity contribution >= 4 is 11.8 Å². The van der Waals surface area contributed by atoms with Crippen LogP contribution < -0.4 is 5.32 Å². The molecule has 0 spiro atoms. The third kappa shape index (κ3) is 5.08. The van der Waals surface area contributed by atoms with Crippen molar-refractivity contribution in [1.82, 2.24) is 20.0 Å². The molecular formula is C21H32N4O2. The van der Waals surface area contributed by atoms with Gasteiger partial charge in [0.1, 0.15) is 6.04 Å². The minimum Gasteiger partial charge on any atom is -0.350 e. The first-order chi connectivity index (χ1) is 13.1. The first-order valence-electron chi connectivity index (χ1n) is 10.1. The maximum absolute atomic E-state index is 12.6. The highest BCUT2D eigenvalue weighted by Gasteiger charge is 2.32. The Morgan fingerprint density at radius 1 is 1.04 bits per heavy atom. The van der Waals surface area contributed by atoms with Crippen molar-refractivity contribution in [2.45, 2.75) is 45.8 Å². The fourth-order valence-electron chi connectivity index (χ4n) is 4.11. The van der Waals surface area contributed by atoms with Gasteiger partial charge in [-0.2, -0.15) is 0 Å². The van der Waals surface area contributed by atoms with Crippen LogP contribution in [0.1, 0.15) is 37.8 Å². The lowest BCUT2D eigenvalue weighted by Crippen LogP contribution is -2.46. The molecule has 0 bridgehead atoms. The predicted molar refractivity (Wildman–Crippen MR) is 106 cm³/mol. The second-order valence-corrected chi connectivity index (χ2v) is 7.57. The third-order valence-electron chi connectivity index (χ3n) is 5.84. The number of hydrogen-bond acceptors (Lipinski definition) is 4. The maximum Gasteiger partial charge on any atom is 0.243 e. The molecule has 1 aromatic carbocycles. The van der Waals surface area contributed by atoms with Gasteiger partial charge < -0.3 is 15.1 Å². The molecule has 1 aromatic rings. The number of benzene rings is 1. The Hall–Kier alpha value is -1.92. The van der Waals surface area contributed by atoms with Crippen molar-refractivity contribution in [3.8, 4) is 0 Å². The monoisotopic (exact) mass is 372 g/mol. The first kappa shape index (κ1) is 19.8. The molecule has 0 aromatic heterocycles. The zero-order chi connectivity index (χ0) is 19.2. The second kappa shape index (κ2) is 9.33. The van der Waals surface area contributed by atoms with E-state index in [1.54, 1.807) is 11.8 Å². The summed E-state index contributed by atoms with van der Waals surface area (Å²) >= 11 is 0. The van der Waals surface area contributed by atoms with E-state index in [2.05, 4.69) is 40.2 Å². The van der Waals surface area contributed by atoms with Gasteiger partial charge in [0, 0.05) is 52.7 Å². The fourth-order valence-corrected chi connectivity index (χ4v) is 4.11. The zero-order valence-electron chi connectivity index (χ0n) is 16.6. The Labute approximate surface area is 162 Å². The number of likely N-dealkylation sites (N-methyl/N-ethyl adjacent to an activating group) is 1. The molecule has 6 heteroatoms. The Bertz CT molecular complexity index is 655. The van der Waals surface area contributed by atoms with Gasteiger partial charge in [-0.25, -0.2) is 0 Å². The number of nitrogens with zero attached hydrogens (tertiary/aromatic N) is 3. The van der Waals surface area contributed by atoms with Crippen LogP contribution in [0.15, 0.2) is 24.3 Å². The Morgan fingerprint density at radius 3 is 2.37 bits per heavy atom. The smallest absolute Gasteiger partial charge is 0.243 e. The molecule has 27 heavy (non-hydrogen) atoms. The molecule has 148 valence electrons. The summed E-state index contributed by atoms with van der Waals surface area (Å²) in [6.07, 6.45) is 1.66. The maximum atomic E-state index is 12.6. The molecule has 2 aliphatic heterocycles. The number of carbonyl (C=O) groups excluding carboxylic acids is 2. The summed E-state index contributed by atoms with van der Waals surface area (Å²) in [7, 11) is 0. The van der Waals surface area contributed by atoms with Gasteiger partial charge in [-0.15, -0.1) is 0 Å². The van der Waals surface area contributed by atoms with Gasteiger partial charge in [0.25, 0.3) is 0 Å². The van der Waals surface area contributed by atoms with Gasteiger partial charge in [0.15, 0.2) is 0 Å². The topological polar surface area (TPSA) is 55.9 Å². The molecule has 3 rings (SSSR count). The van der Waals surface area contributed by atoms with Crippen LogP contribution >= 0.6 is 0 Å². The van der Waals surface area contributed by atoms with Gasteiger partial charge in [0.2, 0.25) is 11.8 Å². The van der Waals surface area contributed by atoms with Crippen LogP contribution in [0.2, 0.25) is 0 Å². The van der Waals surface area contributed by atoms with E-state index in [1.807, 2.05) is 6.07 Å². The summed E-state index contributed by atoms with van der Waals surface area (Å²) in [5.41, 5.74) is 2.44. The minimum atomic E-state index is -0.309. The van der Waals surface area contributed by atoms with E-state index in [0.29, 0.717) is 13.1 Å². The Morgan fingerprint density at radius 2 is 1.70 bits per heavy atom. The lowest BCUT2D eigenvalue weighted by Gasteiger charge is -2.34. The van der Waals surface area contributed by atoms with Gasteiger partial charge in [0.05, 0.1) is 0 Å². The van der Waals surface area contributed by atoms with E-state index in [-0.39, 0.29) is 17.9 Å². The van der Waals surface area contributed by atoms with Gasteiger partial charge in [-0.1, -0.05) is 31.2 Å². The van der Waals surface area contributed by atoms with Crippen LogP contribution in [0.4, 0.5) is 0 Å². The Balaban J connectivity index is 1.56. The number of piperazine rings is 1. The Kier molecular flexibility index (Phi) is 6.85. The number of likely N-dealkylation sites (tertiary alicyclic amines) is 1. The molecular weight excluding hydrogens is 340 g/mol. The number of hydrogen-bond donors (Lipinski definition) is 1. The van der Waals surface area contributed by atoms with Crippen molar-refractivity contribution in [2.75, 3.05) is 39.3 Å². The van der Waals surface area contributed by atoms with E-state index in [1.165, 1.54) is 5.56 Å². The normalized spacial score (nSPS) is 21.4. The average Bonchev–Trinajstić information content (AvgIpc) is 3.18. The number of nitrogens with one attached hydrogen (secondary N) is 1. The summed E-state index contributed by atoms with van der Waals surface area (Å²) < 4.78 is 0. The van der Waals surface area contributed by atoms with E-state index >= 15 is 0 Å². The second-order valence-electron chi connectivity index (χ2n) is 7.57. The number of rotatable bonds is 6. The van der Waals surface area contributed by atoms with Crippen LogP contribution in [0.3, 0.4) is 0 Å². The van der Waals surface area contributed by atoms with Gasteiger partial charge in [-0.3, -0.25) is 14.5 Å². The van der Waals surface area contributed by atoms with Crippen molar-refractivity contribution in [3.63, 3.8) is 0 Å². The molecule has 6 nitrogen and oxygen atoms in total. The van der Waals surface area contributed by atoms with Gasteiger partial charge >= 0.3 is 0 Å². The quantitative estimate of drug-likeness (QED) is 0.821. The molecule has 2 heterocycles. The highest BCUT2D eigenvalue weighted by Crippen LogP contribution is 2.18. The molecule has 0 saturated carbocycles. The lowest BCUT2D eigenvalue weighted by atomic mass is 10.1. The highest BCUT2D eigenvalue weighted by atomic mass is 16.2. The van der Waals surface area contributed by atoms with Crippen molar-refractivity contribution in [1.29, 1.82) is 0 Å². The number of amides is 2. The molecule has 1 atom stereocenters. The van der Waals surface area contributed by atoms with Crippen LogP contribution in [-0.2, 0) is 22.7 Å². The van der Waals surface area contributed by atoms with E-state index in [9.17, 15) is 9.59 Å². The molecule has 0 aliphatic carbocycles. The molecule has 2 aliphatic rings. The average molecular weight is 373 g/mol. The summed E-state index contributed by atoms with van der Waals surface area (Å²) in [6, 6.07) is 8.03. The molecule has 2 saturated heterocycles. The minimum absolute atomic E-state index is 0.0146. The first-order valence-corrected chi connectivity index (χ1v) is 10.1. The van der Waals surface area contributed by atoms with E-state index in [0.717, 1.165) is 57.7 Å². The molecule has 1 N–H and O–H groups in total. The standard InChI is InChI=1S/C21H32N4O2/c1-3-23-11-13-24(14-12-23)16-19-8-5-4-7-18(19)15-22-21(27)20-9-6-10-25(20)17(2)26/h4-5,7-8,20H,3,6,9-16H2,1-2H3,(H,22,27). The van der Waals surface area contributed by atoms with Crippen LogP contribution in [0.25, 0.3) is 0 Å². The molecule has 1 unspecified atom stereocenters. The van der Waals surface area contributed by atoms with Crippen molar-refractivity contribution in [2.24, 2.45) is 0 Å². The van der Waals surface area contributed by atoms with Crippen molar-refractivity contribution < 1.29 is 9.59 Å². The SMILES string of the molecule is CCN1CCN(Cc2ccccc2CNC(=O)C2CCCN2C(C)=O)CC1. The van der Waals surface area contributed by atoms with Crippen LogP contribution in [-0.4, -0.2) is 71.8 Å². The largest absolute Gasteiger partial charge is 0.350 e. The fraction of sp³-hybridized carbons (Fsp3) is 0.619. The molecule has 2 amide bonds. The molecule has 0 radical (unpaired) electrons. The summed E-state index contributed by atoms with van der Waals surface area (Å²) in [6.45, 7) is 11.4. The van der Waals surface area contributed by atoms with Crippen LogP contribution in [0, 0.1) is 0 Å². The predicted octanol–water partition coefficient (Wildman–Crippen LogP) is 1.45. The lowest BCUT2D eigenvalue weighted by molar-refractivity contribution is -0.136. The molecule has 2 fully saturated rings. The summed E-state index contributed by atoms with van der Waals surface area (Å²) in [4.78, 5) is 30.9. The van der Waals surface area contributed by atoms with Crippen molar-refractivity contribution in [3.05, 3.63) is 35.4 Å². The number of carbonyl (C=O) groups is 2. The van der Waals surface area contributed by atoms with Gasteiger partial charge in [-0.05, 0) is 30.5 Å². The summed E-state index contributed by atoms with van der Waals surface area (Å²) in [5.74, 6) is -0.0478. The zero-order valence-corrected chi connectivity index (χ0v) is 16.6. The third-order valence-corrected chi connectivity index (χ3v) is 5.84.